The van der Waals surface area contributed by atoms with Crippen LogP contribution in [0.25, 0.3) is 5.65 Å². The highest BCUT2D eigenvalue weighted by molar-refractivity contribution is 9.10. The molecule has 0 saturated heterocycles. The van der Waals surface area contributed by atoms with Gasteiger partial charge in [0.05, 0.1) is 7.11 Å². The fraction of sp³-hybridized carbons (Fsp3) is 0.167. The molecule has 17 heavy (non-hydrogen) atoms. The summed E-state index contributed by atoms with van der Waals surface area (Å²) in [7, 11) is 2.48. The number of hydrogen-bond donors (Lipinski definition) is 0. The van der Waals surface area contributed by atoms with Crippen molar-refractivity contribution in [2.75, 3.05) is 7.11 Å². The van der Waals surface area contributed by atoms with Crippen molar-refractivity contribution in [1.82, 2.24) is 19.6 Å². The van der Waals surface area contributed by atoms with Gasteiger partial charge in [0.25, 0.3) is 14.2 Å². The topological polar surface area (TPSA) is 86.5 Å². The maximum Gasteiger partial charge on any atom is 0.298 e. The van der Waals surface area contributed by atoms with Gasteiger partial charge in [-0.05, 0) is 27.5 Å². The summed E-state index contributed by atoms with van der Waals surface area (Å²) in [5, 5.41) is 2.97. The van der Waals surface area contributed by atoms with E-state index >= 15 is 0 Å². The third kappa shape index (κ3) is 2.19. The number of nitrogens with zero attached hydrogens (tertiary/aromatic N) is 4. The van der Waals surface area contributed by atoms with E-state index in [-0.39, 0.29) is 16.8 Å². The first kappa shape index (κ1) is 12.8. The number of hydrogen-bond acceptors (Lipinski definition) is 6. The van der Waals surface area contributed by atoms with Crippen molar-refractivity contribution in [3.05, 3.63) is 9.76 Å². The normalized spacial score (nSPS) is 12.0. The van der Waals surface area contributed by atoms with Gasteiger partial charge in [-0.1, -0.05) is 0 Å². The van der Waals surface area contributed by atoms with Crippen LogP contribution in [0.15, 0.2) is 9.63 Å². The minimum absolute atomic E-state index is 0.0980. The van der Waals surface area contributed by atoms with E-state index in [0.717, 1.165) is 4.52 Å². The Bertz CT molecular complexity index is 701. The van der Waals surface area contributed by atoms with Crippen LogP contribution in [0.5, 0.6) is 5.88 Å². The number of methoxy groups -OCH3 is 1. The first-order chi connectivity index (χ1) is 7.84. The first-order valence-corrected chi connectivity index (χ1v) is 7.43. The lowest BCUT2D eigenvalue weighted by molar-refractivity contribution is 0.394. The average molecular weight is 362 g/mol. The van der Waals surface area contributed by atoms with E-state index in [1.807, 2.05) is 0 Å². The van der Waals surface area contributed by atoms with E-state index in [4.69, 9.17) is 27.0 Å². The predicted octanol–water partition coefficient (Wildman–Crippen LogP) is 1.48. The highest BCUT2D eigenvalue weighted by Gasteiger charge is 2.22. The molecular weight excluding hydrogens is 359 g/mol. The zero-order valence-electron chi connectivity index (χ0n) is 8.06. The van der Waals surface area contributed by atoms with Crippen molar-refractivity contribution in [2.45, 2.75) is 5.16 Å². The number of fused-ring (bicyclic) bond motifs is 1. The summed E-state index contributed by atoms with van der Waals surface area (Å²) in [6.07, 6.45) is 0. The van der Waals surface area contributed by atoms with Crippen molar-refractivity contribution >= 4 is 52.9 Å². The molecule has 11 heteroatoms. The molecule has 0 bridgehead atoms. The summed E-state index contributed by atoms with van der Waals surface area (Å²) in [5.74, 6) is 0.161. The molecule has 0 unspecified atom stereocenters. The molecule has 0 aliphatic carbocycles. The predicted molar refractivity (Wildman–Crippen MR) is 63.1 cm³/mol. The molecule has 0 saturated carbocycles. The maximum atomic E-state index is 11.1. The lowest BCUT2D eigenvalue weighted by Crippen LogP contribution is -1.98. The van der Waals surface area contributed by atoms with E-state index in [9.17, 15) is 8.42 Å². The van der Waals surface area contributed by atoms with E-state index in [2.05, 4.69) is 31.0 Å². The van der Waals surface area contributed by atoms with Crippen LogP contribution in [0.3, 0.4) is 0 Å². The third-order valence-corrected chi connectivity index (χ3v) is 3.71. The minimum Gasteiger partial charge on any atom is -0.480 e. The quantitative estimate of drug-likeness (QED) is 0.594. The van der Waals surface area contributed by atoms with Crippen LogP contribution in [-0.4, -0.2) is 35.1 Å². The summed E-state index contributed by atoms with van der Waals surface area (Å²) in [4.78, 5) is 7.57. The van der Waals surface area contributed by atoms with Gasteiger partial charge >= 0.3 is 0 Å². The molecule has 0 aliphatic heterocycles. The molecule has 0 aliphatic rings. The summed E-state index contributed by atoms with van der Waals surface area (Å²) in [6, 6.07) is 0. The lowest BCUT2D eigenvalue weighted by atomic mass is 10.6. The van der Waals surface area contributed by atoms with Crippen LogP contribution in [0.2, 0.25) is 5.28 Å². The van der Waals surface area contributed by atoms with E-state index in [1.54, 1.807) is 0 Å². The fourth-order valence-corrected chi connectivity index (χ4v) is 2.35. The Kier molecular flexibility index (Phi) is 3.19. The number of rotatable bonds is 2. The molecule has 0 amide bonds. The van der Waals surface area contributed by atoms with Gasteiger partial charge in [0.2, 0.25) is 11.2 Å². The van der Waals surface area contributed by atoms with Gasteiger partial charge in [0.1, 0.15) is 4.47 Å². The van der Waals surface area contributed by atoms with Crippen molar-refractivity contribution in [3.63, 3.8) is 0 Å². The summed E-state index contributed by atoms with van der Waals surface area (Å²) in [5.41, 5.74) is 0.140. The largest absolute Gasteiger partial charge is 0.480 e. The van der Waals surface area contributed by atoms with Gasteiger partial charge < -0.3 is 4.74 Å². The second-order valence-corrected chi connectivity index (χ2v) is 6.36. The summed E-state index contributed by atoms with van der Waals surface area (Å²) < 4.78 is 28.5. The van der Waals surface area contributed by atoms with Crippen molar-refractivity contribution < 1.29 is 13.2 Å². The second kappa shape index (κ2) is 4.23. The highest BCUT2D eigenvalue weighted by Crippen LogP contribution is 2.29. The monoisotopic (exact) mass is 360 g/mol. The Morgan fingerprint density at radius 2 is 2.06 bits per heavy atom. The molecule has 0 atom stereocenters. The molecule has 92 valence electrons. The molecule has 0 aromatic carbocycles. The van der Waals surface area contributed by atoms with Crippen LogP contribution in [-0.2, 0) is 9.05 Å². The zero-order valence-corrected chi connectivity index (χ0v) is 12.0. The van der Waals surface area contributed by atoms with Gasteiger partial charge in [-0.2, -0.15) is 14.5 Å². The maximum absolute atomic E-state index is 11.1. The molecule has 0 spiro atoms. The van der Waals surface area contributed by atoms with E-state index in [0.29, 0.717) is 4.47 Å². The Morgan fingerprint density at radius 1 is 1.41 bits per heavy atom. The molecule has 7 nitrogen and oxygen atoms in total. The van der Waals surface area contributed by atoms with Crippen LogP contribution >= 0.6 is 38.2 Å². The van der Waals surface area contributed by atoms with Crippen LogP contribution in [0.4, 0.5) is 0 Å². The number of halogens is 3. The van der Waals surface area contributed by atoms with Crippen LogP contribution in [0.1, 0.15) is 0 Å². The van der Waals surface area contributed by atoms with Gasteiger partial charge in [-0.3, -0.25) is 0 Å². The van der Waals surface area contributed by atoms with Crippen molar-refractivity contribution in [3.8, 4) is 5.88 Å². The molecule has 2 aromatic heterocycles. The van der Waals surface area contributed by atoms with Crippen LogP contribution in [0, 0.1) is 0 Å². The van der Waals surface area contributed by atoms with Crippen molar-refractivity contribution in [2.24, 2.45) is 0 Å². The standard InChI is InChI=1S/C6H3BrCl2N4O3S/c1-16-4-2(7)3-10-6(17(9,14)15)12-13(3)5(8)11-4/h1H3. The minimum atomic E-state index is -4.04. The first-order valence-electron chi connectivity index (χ1n) is 3.95. The van der Waals surface area contributed by atoms with Gasteiger partial charge in [0, 0.05) is 10.7 Å². The van der Waals surface area contributed by atoms with E-state index in [1.165, 1.54) is 7.11 Å². The Morgan fingerprint density at radius 3 is 2.59 bits per heavy atom. The van der Waals surface area contributed by atoms with Crippen molar-refractivity contribution in [1.29, 1.82) is 0 Å². The summed E-state index contributed by atoms with van der Waals surface area (Å²) >= 11 is 8.94. The van der Waals surface area contributed by atoms with Crippen LogP contribution < -0.4 is 4.74 Å². The molecule has 2 rings (SSSR count). The van der Waals surface area contributed by atoms with Gasteiger partial charge in [-0.15, -0.1) is 5.10 Å². The Balaban J connectivity index is 2.86. The third-order valence-electron chi connectivity index (χ3n) is 1.75. The second-order valence-electron chi connectivity index (χ2n) is 2.77. The lowest BCUT2D eigenvalue weighted by Gasteiger charge is -2.03. The smallest absolute Gasteiger partial charge is 0.298 e. The van der Waals surface area contributed by atoms with E-state index < -0.39 is 14.2 Å². The molecule has 0 radical (unpaired) electrons. The molecule has 0 N–H and O–H groups in total. The number of ether oxygens (including phenoxy) is 1. The van der Waals surface area contributed by atoms with Gasteiger partial charge in [0.15, 0.2) is 5.65 Å². The Labute approximate surface area is 113 Å². The zero-order chi connectivity index (χ0) is 12.8. The summed E-state index contributed by atoms with van der Waals surface area (Å²) in [6.45, 7) is 0. The fourth-order valence-electron chi connectivity index (χ4n) is 1.08. The molecule has 0 fully saturated rings. The highest BCUT2D eigenvalue weighted by atomic mass is 79.9. The molecule has 2 aromatic rings. The Hall–Kier alpha value is -0.640. The van der Waals surface area contributed by atoms with Gasteiger partial charge in [-0.25, -0.2) is 8.42 Å². The number of aromatic nitrogens is 4. The molecule has 2 heterocycles. The average Bonchev–Trinajstić information content (AvgIpc) is 2.68. The SMILES string of the molecule is COc1nc(Cl)n2nc(S(=O)(=O)Cl)nc2c1Br. The molecular formula is C6H3BrCl2N4O3S.